The van der Waals surface area contributed by atoms with E-state index in [-0.39, 0.29) is 24.2 Å². The Kier molecular flexibility index (Phi) is 6.31. The monoisotopic (exact) mass is 420 g/mol. The molecule has 0 bridgehead atoms. The first-order valence-electron chi connectivity index (χ1n) is 10.4. The van der Waals surface area contributed by atoms with Gasteiger partial charge in [-0.2, -0.15) is 0 Å². The Bertz CT molecular complexity index is 1130. The van der Waals surface area contributed by atoms with E-state index in [9.17, 15) is 14.4 Å². The molecule has 1 saturated heterocycles. The number of piperidine rings is 1. The van der Waals surface area contributed by atoms with Crippen molar-refractivity contribution in [3.63, 3.8) is 0 Å². The van der Waals surface area contributed by atoms with E-state index in [4.69, 9.17) is 9.15 Å². The van der Waals surface area contributed by atoms with Crippen LogP contribution in [0.3, 0.4) is 0 Å². The fraction of sp³-hybridized carbons (Fsp3) is 0.292. The number of fused-ring (bicyclic) bond motifs is 1. The Morgan fingerprint density at radius 2 is 1.87 bits per heavy atom. The quantitative estimate of drug-likeness (QED) is 0.638. The summed E-state index contributed by atoms with van der Waals surface area (Å²) in [5.74, 6) is -0.377. The van der Waals surface area contributed by atoms with Gasteiger partial charge < -0.3 is 19.4 Å². The molecule has 0 saturated carbocycles. The minimum Gasteiger partial charge on any atom is -0.445 e. The van der Waals surface area contributed by atoms with Gasteiger partial charge in [0.05, 0.1) is 0 Å². The van der Waals surface area contributed by atoms with Crippen molar-refractivity contribution in [2.45, 2.75) is 19.4 Å². The first kappa shape index (κ1) is 20.7. The summed E-state index contributed by atoms with van der Waals surface area (Å²) < 4.78 is 10.6. The number of likely N-dealkylation sites (tertiary alicyclic amines) is 1. The first-order valence-corrected chi connectivity index (χ1v) is 10.4. The minimum absolute atomic E-state index is 0.0198. The molecular formula is C24H24N2O5. The number of hydrogen-bond donors (Lipinski definition) is 1. The molecule has 1 atom stereocenters. The van der Waals surface area contributed by atoms with Gasteiger partial charge in [-0.25, -0.2) is 9.59 Å². The first-order chi connectivity index (χ1) is 15.1. The fourth-order valence-electron chi connectivity index (χ4n) is 3.76. The van der Waals surface area contributed by atoms with Crippen molar-refractivity contribution in [2.75, 3.05) is 19.6 Å². The van der Waals surface area contributed by atoms with E-state index in [2.05, 4.69) is 5.32 Å². The summed E-state index contributed by atoms with van der Waals surface area (Å²) in [6, 6.07) is 18.1. The third-order valence-corrected chi connectivity index (χ3v) is 5.42. The molecule has 7 heteroatoms. The van der Waals surface area contributed by atoms with Gasteiger partial charge in [-0.05, 0) is 36.5 Å². The summed E-state index contributed by atoms with van der Waals surface area (Å²) in [5.41, 5.74) is 0.700. The summed E-state index contributed by atoms with van der Waals surface area (Å²) in [4.78, 5) is 38.8. The van der Waals surface area contributed by atoms with E-state index in [1.165, 1.54) is 0 Å². The van der Waals surface area contributed by atoms with E-state index in [0.717, 1.165) is 18.4 Å². The van der Waals surface area contributed by atoms with Crippen LogP contribution in [0.2, 0.25) is 0 Å². The van der Waals surface area contributed by atoms with Gasteiger partial charge in [0, 0.05) is 25.0 Å². The zero-order chi connectivity index (χ0) is 21.6. The van der Waals surface area contributed by atoms with Crippen molar-refractivity contribution in [3.05, 3.63) is 82.2 Å². The van der Waals surface area contributed by atoms with E-state index < -0.39 is 11.5 Å². The molecule has 1 aromatic heterocycles. The summed E-state index contributed by atoms with van der Waals surface area (Å²) >= 11 is 0. The van der Waals surface area contributed by atoms with E-state index >= 15 is 0 Å². The number of nitrogens with one attached hydrogen (secondary N) is 1. The number of nitrogens with zero attached hydrogens (tertiary/aromatic N) is 1. The Labute approximate surface area is 179 Å². The number of rotatable bonds is 5. The number of carbonyl (C=O) groups is 2. The average Bonchev–Trinajstić information content (AvgIpc) is 2.81. The molecule has 160 valence electrons. The van der Waals surface area contributed by atoms with Crippen LogP contribution < -0.4 is 10.9 Å². The van der Waals surface area contributed by atoms with Gasteiger partial charge in [-0.1, -0.05) is 48.5 Å². The van der Waals surface area contributed by atoms with Crippen LogP contribution in [0.25, 0.3) is 11.0 Å². The number of amides is 2. The molecule has 1 aliphatic rings. The molecule has 1 fully saturated rings. The molecule has 2 heterocycles. The van der Waals surface area contributed by atoms with Gasteiger partial charge in [0.1, 0.15) is 17.8 Å². The summed E-state index contributed by atoms with van der Waals surface area (Å²) in [7, 11) is 0. The maximum atomic E-state index is 12.6. The smallest absolute Gasteiger partial charge is 0.410 e. The molecule has 4 rings (SSSR count). The second kappa shape index (κ2) is 9.47. The predicted octanol–water partition coefficient (Wildman–Crippen LogP) is 3.57. The van der Waals surface area contributed by atoms with Gasteiger partial charge in [0.15, 0.2) is 0 Å². The van der Waals surface area contributed by atoms with Gasteiger partial charge >= 0.3 is 11.7 Å². The standard InChI is InChI=1S/C24H24N2O5/c27-22(20-13-19-10-4-5-11-21(19)31-23(20)28)25-14-18-9-6-12-26(15-18)24(29)30-16-17-7-2-1-3-8-17/h1-5,7-8,10-11,13,18H,6,9,12,14-16H2,(H,25,27). The lowest BCUT2D eigenvalue weighted by Crippen LogP contribution is -2.44. The maximum Gasteiger partial charge on any atom is 0.410 e. The van der Waals surface area contributed by atoms with Crippen molar-refractivity contribution < 1.29 is 18.7 Å². The van der Waals surface area contributed by atoms with Gasteiger partial charge in [0.25, 0.3) is 5.91 Å². The number of carbonyl (C=O) groups excluding carboxylic acids is 2. The average molecular weight is 420 g/mol. The highest BCUT2D eigenvalue weighted by molar-refractivity contribution is 5.96. The van der Waals surface area contributed by atoms with Gasteiger partial charge in [-0.3, -0.25) is 4.79 Å². The largest absolute Gasteiger partial charge is 0.445 e. The summed E-state index contributed by atoms with van der Waals surface area (Å²) in [5, 5.41) is 3.51. The zero-order valence-corrected chi connectivity index (χ0v) is 17.1. The zero-order valence-electron chi connectivity index (χ0n) is 17.1. The number of hydrogen-bond acceptors (Lipinski definition) is 5. The van der Waals surface area contributed by atoms with Crippen LogP contribution in [-0.2, 0) is 11.3 Å². The van der Waals surface area contributed by atoms with E-state index in [1.807, 2.05) is 36.4 Å². The molecule has 2 aromatic carbocycles. The van der Waals surface area contributed by atoms with Crippen LogP contribution in [0.1, 0.15) is 28.8 Å². The molecule has 0 aliphatic carbocycles. The van der Waals surface area contributed by atoms with Crippen LogP contribution in [0, 0.1) is 5.92 Å². The molecule has 0 radical (unpaired) electrons. The predicted molar refractivity (Wildman–Crippen MR) is 116 cm³/mol. The molecule has 1 N–H and O–H groups in total. The topological polar surface area (TPSA) is 88.8 Å². The molecule has 2 amide bonds. The highest BCUT2D eigenvalue weighted by Gasteiger charge is 2.25. The molecule has 0 spiro atoms. The van der Waals surface area contributed by atoms with Crippen molar-refractivity contribution in [1.29, 1.82) is 0 Å². The van der Waals surface area contributed by atoms with Gasteiger partial charge in [-0.15, -0.1) is 0 Å². The fourth-order valence-corrected chi connectivity index (χ4v) is 3.76. The summed E-state index contributed by atoms with van der Waals surface area (Å²) in [6.07, 6.45) is 1.36. The second-order valence-electron chi connectivity index (χ2n) is 7.69. The van der Waals surface area contributed by atoms with Gasteiger partial charge in [0.2, 0.25) is 0 Å². The SMILES string of the molecule is O=C(NCC1CCCN(C(=O)OCc2ccccc2)C1)c1cc2ccccc2oc1=O. The van der Waals surface area contributed by atoms with E-state index in [1.54, 1.807) is 29.2 Å². The highest BCUT2D eigenvalue weighted by Crippen LogP contribution is 2.18. The van der Waals surface area contributed by atoms with Crippen LogP contribution in [-0.4, -0.2) is 36.5 Å². The van der Waals surface area contributed by atoms with Crippen LogP contribution in [0.4, 0.5) is 4.79 Å². The maximum absolute atomic E-state index is 12.6. The number of benzene rings is 2. The van der Waals surface area contributed by atoms with E-state index in [0.29, 0.717) is 30.6 Å². The molecule has 3 aromatic rings. The lowest BCUT2D eigenvalue weighted by molar-refractivity contribution is 0.0776. The summed E-state index contributed by atoms with van der Waals surface area (Å²) in [6.45, 7) is 1.73. The van der Waals surface area contributed by atoms with Crippen molar-refractivity contribution >= 4 is 23.0 Å². The Hall–Kier alpha value is -3.61. The third kappa shape index (κ3) is 5.12. The molecule has 1 aliphatic heterocycles. The van der Waals surface area contributed by atoms with Crippen molar-refractivity contribution in [3.8, 4) is 0 Å². The highest BCUT2D eigenvalue weighted by atomic mass is 16.6. The van der Waals surface area contributed by atoms with Crippen LogP contribution in [0.15, 0.2) is 69.9 Å². The van der Waals surface area contributed by atoms with Crippen LogP contribution >= 0.6 is 0 Å². The number of ether oxygens (including phenoxy) is 1. The Balaban J connectivity index is 1.31. The molecule has 7 nitrogen and oxygen atoms in total. The molecular weight excluding hydrogens is 396 g/mol. The molecule has 1 unspecified atom stereocenters. The Morgan fingerprint density at radius 1 is 1.10 bits per heavy atom. The second-order valence-corrected chi connectivity index (χ2v) is 7.69. The van der Waals surface area contributed by atoms with Crippen molar-refractivity contribution in [1.82, 2.24) is 10.2 Å². The number of para-hydroxylation sites is 1. The Morgan fingerprint density at radius 3 is 2.71 bits per heavy atom. The molecule has 31 heavy (non-hydrogen) atoms. The lowest BCUT2D eigenvalue weighted by atomic mass is 9.98. The van der Waals surface area contributed by atoms with Crippen LogP contribution in [0.5, 0.6) is 0 Å². The third-order valence-electron chi connectivity index (χ3n) is 5.42. The minimum atomic E-state index is -0.661. The normalized spacial score (nSPS) is 16.1. The lowest BCUT2D eigenvalue weighted by Gasteiger charge is -2.32. The van der Waals surface area contributed by atoms with Crippen molar-refractivity contribution in [2.24, 2.45) is 5.92 Å².